The Hall–Kier alpha value is -1.16. The van der Waals surface area contributed by atoms with E-state index in [-0.39, 0.29) is 5.84 Å². The lowest BCUT2D eigenvalue weighted by molar-refractivity contribution is 1.30. The van der Waals surface area contributed by atoms with Crippen LogP contribution in [-0.2, 0) is 0 Å². The molecule has 0 aliphatic carbocycles. The zero-order valence-corrected chi connectivity index (χ0v) is 12.5. The van der Waals surface area contributed by atoms with Crippen LogP contribution in [0.2, 0.25) is 10.0 Å². The second-order valence-electron chi connectivity index (χ2n) is 4.07. The van der Waals surface area contributed by atoms with Gasteiger partial charge in [-0.1, -0.05) is 35.0 Å². The smallest absolute Gasteiger partial charge is 0.123 e. The molecule has 0 radical (unpaired) electrons. The summed E-state index contributed by atoms with van der Waals surface area (Å²) in [4.78, 5) is 1.94. The number of nitrogens with two attached hydrogens (primary N) is 1. The molecule has 0 aliphatic heterocycles. The Balaban J connectivity index is 2.31. The lowest BCUT2D eigenvalue weighted by atomic mass is 10.1. The maximum atomic E-state index is 7.46. The van der Waals surface area contributed by atoms with Gasteiger partial charge >= 0.3 is 0 Å². The fraction of sp³-hybridized carbons (Fsp3) is 0.0714. The van der Waals surface area contributed by atoms with E-state index in [1.165, 1.54) is 11.8 Å². The van der Waals surface area contributed by atoms with Crippen LogP contribution in [0.5, 0.6) is 0 Å². The van der Waals surface area contributed by atoms with Crippen molar-refractivity contribution in [1.29, 1.82) is 5.41 Å². The molecule has 2 nitrogen and oxygen atoms in total. The highest BCUT2D eigenvalue weighted by atomic mass is 35.5. The first-order valence-corrected chi connectivity index (χ1v) is 7.12. The van der Waals surface area contributed by atoms with Gasteiger partial charge in [-0.05, 0) is 48.9 Å². The van der Waals surface area contributed by atoms with Crippen LogP contribution in [0.1, 0.15) is 11.1 Å². The van der Waals surface area contributed by atoms with E-state index < -0.39 is 0 Å². The summed E-state index contributed by atoms with van der Waals surface area (Å²) in [5.74, 6) is 0.0786. The van der Waals surface area contributed by atoms with E-state index in [4.69, 9.17) is 34.3 Å². The standard InChI is InChI=1S/C14H12Cl2N2S/c1-8-6-10(3-4-11(8)14(17)18)19-13-7-9(15)2-5-12(13)16/h2-7H,1H3,(H3,17,18). The summed E-state index contributed by atoms with van der Waals surface area (Å²) in [6.07, 6.45) is 0. The highest BCUT2D eigenvalue weighted by molar-refractivity contribution is 7.99. The number of amidine groups is 1. The van der Waals surface area contributed by atoms with Crippen LogP contribution < -0.4 is 5.73 Å². The van der Waals surface area contributed by atoms with Crippen LogP contribution in [0.3, 0.4) is 0 Å². The lowest BCUT2D eigenvalue weighted by Crippen LogP contribution is -2.12. The number of nitrogens with one attached hydrogen (secondary N) is 1. The van der Waals surface area contributed by atoms with E-state index in [1.54, 1.807) is 12.1 Å². The molecule has 0 spiro atoms. The molecule has 0 heterocycles. The third-order valence-electron chi connectivity index (χ3n) is 2.61. The summed E-state index contributed by atoms with van der Waals surface area (Å²) >= 11 is 13.6. The van der Waals surface area contributed by atoms with Crippen molar-refractivity contribution in [3.63, 3.8) is 0 Å². The van der Waals surface area contributed by atoms with Crippen molar-refractivity contribution < 1.29 is 0 Å². The molecule has 19 heavy (non-hydrogen) atoms. The summed E-state index contributed by atoms with van der Waals surface area (Å²) in [7, 11) is 0. The van der Waals surface area contributed by atoms with E-state index in [1.807, 2.05) is 31.2 Å². The third-order valence-corrected chi connectivity index (χ3v) is 4.33. The van der Waals surface area contributed by atoms with Crippen molar-refractivity contribution in [3.05, 3.63) is 57.6 Å². The molecule has 0 amide bonds. The van der Waals surface area contributed by atoms with E-state index >= 15 is 0 Å². The Morgan fingerprint density at radius 3 is 2.53 bits per heavy atom. The second kappa shape index (κ2) is 5.87. The summed E-state index contributed by atoms with van der Waals surface area (Å²) in [6, 6.07) is 11.1. The molecule has 98 valence electrons. The first kappa shape index (κ1) is 14.3. The van der Waals surface area contributed by atoms with Gasteiger partial charge in [0.15, 0.2) is 0 Å². The molecular formula is C14H12Cl2N2S. The fourth-order valence-corrected chi connectivity index (χ4v) is 3.13. The molecule has 5 heteroatoms. The zero-order chi connectivity index (χ0) is 14.0. The summed E-state index contributed by atoms with van der Waals surface area (Å²) in [5, 5.41) is 8.79. The van der Waals surface area contributed by atoms with Crippen LogP contribution in [-0.4, -0.2) is 5.84 Å². The van der Waals surface area contributed by atoms with Crippen LogP contribution in [0, 0.1) is 12.3 Å². The monoisotopic (exact) mass is 310 g/mol. The lowest BCUT2D eigenvalue weighted by Gasteiger charge is -2.08. The SMILES string of the molecule is Cc1cc(Sc2cc(Cl)ccc2Cl)ccc1C(=N)N. The molecule has 0 saturated carbocycles. The molecule has 2 rings (SSSR count). The number of rotatable bonds is 3. The summed E-state index contributed by atoms with van der Waals surface area (Å²) in [5.41, 5.74) is 7.22. The van der Waals surface area contributed by atoms with Crippen LogP contribution in [0.4, 0.5) is 0 Å². The van der Waals surface area contributed by atoms with Crippen molar-refractivity contribution >= 4 is 40.8 Å². The second-order valence-corrected chi connectivity index (χ2v) is 6.03. The molecule has 0 aliphatic rings. The number of hydrogen-bond acceptors (Lipinski definition) is 2. The van der Waals surface area contributed by atoms with Crippen molar-refractivity contribution in [1.82, 2.24) is 0 Å². The minimum Gasteiger partial charge on any atom is -0.384 e. The first-order chi connectivity index (χ1) is 8.97. The van der Waals surface area contributed by atoms with Crippen LogP contribution >= 0.6 is 35.0 Å². The van der Waals surface area contributed by atoms with Gasteiger partial charge < -0.3 is 5.73 Å². The maximum absolute atomic E-state index is 7.46. The Kier molecular flexibility index (Phi) is 4.40. The molecule has 3 N–H and O–H groups in total. The van der Waals surface area contributed by atoms with Crippen LogP contribution in [0.25, 0.3) is 0 Å². The molecule has 2 aromatic carbocycles. The number of aryl methyl sites for hydroxylation is 1. The molecule has 0 unspecified atom stereocenters. The van der Waals surface area contributed by atoms with Crippen molar-refractivity contribution in [2.24, 2.45) is 5.73 Å². The Morgan fingerprint density at radius 1 is 1.16 bits per heavy atom. The number of benzene rings is 2. The van der Waals surface area contributed by atoms with Crippen LogP contribution in [0.15, 0.2) is 46.2 Å². The average Bonchev–Trinajstić information content (AvgIpc) is 2.33. The van der Waals surface area contributed by atoms with Crippen molar-refractivity contribution in [3.8, 4) is 0 Å². The Labute approximate surface area is 126 Å². The molecule has 0 aromatic heterocycles. The predicted molar refractivity (Wildman–Crippen MR) is 82.8 cm³/mol. The summed E-state index contributed by atoms with van der Waals surface area (Å²) in [6.45, 7) is 1.93. The van der Waals surface area contributed by atoms with Gasteiger partial charge in [0, 0.05) is 20.4 Å². The molecular weight excluding hydrogens is 299 g/mol. The number of nitrogen functional groups attached to an aromatic ring is 1. The minimum absolute atomic E-state index is 0.0786. The molecule has 0 saturated heterocycles. The van der Waals surface area contributed by atoms with E-state index in [0.717, 1.165) is 20.9 Å². The maximum Gasteiger partial charge on any atom is 0.123 e. The molecule has 2 aromatic rings. The zero-order valence-electron chi connectivity index (χ0n) is 10.2. The van der Waals surface area contributed by atoms with Gasteiger partial charge in [-0.25, -0.2) is 0 Å². The molecule has 0 fully saturated rings. The van der Waals surface area contributed by atoms with Gasteiger partial charge in [0.2, 0.25) is 0 Å². The van der Waals surface area contributed by atoms with Gasteiger partial charge in [0.05, 0.1) is 5.02 Å². The Bertz CT molecular complexity index is 641. The van der Waals surface area contributed by atoms with Gasteiger partial charge in [-0.15, -0.1) is 0 Å². The highest BCUT2D eigenvalue weighted by Gasteiger charge is 2.07. The largest absolute Gasteiger partial charge is 0.384 e. The van der Waals surface area contributed by atoms with Gasteiger partial charge in [0.25, 0.3) is 0 Å². The number of hydrogen-bond donors (Lipinski definition) is 2. The van der Waals surface area contributed by atoms with Gasteiger partial charge in [-0.3, -0.25) is 5.41 Å². The molecule has 0 atom stereocenters. The van der Waals surface area contributed by atoms with E-state index in [0.29, 0.717) is 10.0 Å². The summed E-state index contributed by atoms with van der Waals surface area (Å²) < 4.78 is 0. The van der Waals surface area contributed by atoms with Crippen molar-refractivity contribution in [2.45, 2.75) is 16.7 Å². The average molecular weight is 311 g/mol. The fourth-order valence-electron chi connectivity index (χ4n) is 1.68. The van der Waals surface area contributed by atoms with Gasteiger partial charge in [0.1, 0.15) is 5.84 Å². The highest BCUT2D eigenvalue weighted by Crippen LogP contribution is 2.35. The molecule has 0 bridgehead atoms. The van der Waals surface area contributed by atoms with E-state index in [2.05, 4.69) is 0 Å². The Morgan fingerprint density at radius 2 is 1.89 bits per heavy atom. The first-order valence-electron chi connectivity index (χ1n) is 5.55. The quantitative estimate of drug-likeness (QED) is 0.635. The van der Waals surface area contributed by atoms with E-state index in [9.17, 15) is 0 Å². The number of halogens is 2. The minimum atomic E-state index is 0.0786. The van der Waals surface area contributed by atoms with Gasteiger partial charge in [-0.2, -0.15) is 0 Å². The predicted octanol–water partition coefficient (Wildman–Crippen LogP) is 4.74. The normalized spacial score (nSPS) is 10.5. The topological polar surface area (TPSA) is 49.9 Å². The van der Waals surface area contributed by atoms with Crippen molar-refractivity contribution in [2.75, 3.05) is 0 Å². The third kappa shape index (κ3) is 3.44.